The van der Waals surface area contributed by atoms with Crippen LogP contribution in [0.2, 0.25) is 0 Å². The molecular formula is C12H13F2NO. The number of benzene rings is 1. The van der Waals surface area contributed by atoms with Gasteiger partial charge in [0, 0.05) is 29.2 Å². The van der Waals surface area contributed by atoms with Crippen LogP contribution in [0.1, 0.15) is 30.4 Å². The van der Waals surface area contributed by atoms with Gasteiger partial charge in [0.15, 0.2) is 0 Å². The van der Waals surface area contributed by atoms with Crippen LogP contribution >= 0.6 is 0 Å². The van der Waals surface area contributed by atoms with Gasteiger partial charge in [0.1, 0.15) is 17.4 Å². The van der Waals surface area contributed by atoms with E-state index >= 15 is 0 Å². The fourth-order valence-electron chi connectivity index (χ4n) is 2.53. The van der Waals surface area contributed by atoms with Crippen molar-refractivity contribution in [1.29, 1.82) is 0 Å². The topological polar surface area (TPSA) is 35.2 Å². The van der Waals surface area contributed by atoms with Gasteiger partial charge in [-0.05, 0) is 19.3 Å². The molecule has 0 unspecified atom stereocenters. The highest BCUT2D eigenvalue weighted by molar-refractivity contribution is 5.45. The van der Waals surface area contributed by atoms with Gasteiger partial charge < -0.3 is 10.5 Å². The zero-order chi connectivity index (χ0) is 11.3. The number of ether oxygens (including phenoxy) is 1. The Morgan fingerprint density at radius 3 is 2.69 bits per heavy atom. The second kappa shape index (κ2) is 3.17. The summed E-state index contributed by atoms with van der Waals surface area (Å²) in [5, 5.41) is 0. The van der Waals surface area contributed by atoms with E-state index in [1.165, 1.54) is 6.07 Å². The Morgan fingerprint density at radius 2 is 2.06 bits per heavy atom. The minimum atomic E-state index is -0.800. The van der Waals surface area contributed by atoms with E-state index in [2.05, 4.69) is 0 Å². The Labute approximate surface area is 92.4 Å². The normalized spacial score (nSPS) is 21.2. The van der Waals surface area contributed by atoms with E-state index in [4.69, 9.17) is 10.5 Å². The molecule has 1 aliphatic carbocycles. The predicted molar refractivity (Wildman–Crippen MR) is 55.3 cm³/mol. The van der Waals surface area contributed by atoms with Gasteiger partial charge >= 0.3 is 0 Å². The molecule has 4 heteroatoms. The summed E-state index contributed by atoms with van der Waals surface area (Å²) < 4.78 is 33.1. The van der Waals surface area contributed by atoms with Crippen molar-refractivity contribution in [3.8, 4) is 5.75 Å². The summed E-state index contributed by atoms with van der Waals surface area (Å²) in [7, 11) is 0. The van der Waals surface area contributed by atoms with Gasteiger partial charge in [0.2, 0.25) is 0 Å². The average molecular weight is 225 g/mol. The molecule has 0 bridgehead atoms. The molecule has 2 nitrogen and oxygen atoms in total. The predicted octanol–water partition coefficient (Wildman–Crippen LogP) is 2.24. The Hall–Kier alpha value is -1.16. The van der Waals surface area contributed by atoms with Crippen molar-refractivity contribution in [3.63, 3.8) is 0 Å². The van der Waals surface area contributed by atoms with Crippen LogP contribution in [0.4, 0.5) is 8.78 Å². The van der Waals surface area contributed by atoms with E-state index in [0.717, 1.165) is 6.42 Å². The summed E-state index contributed by atoms with van der Waals surface area (Å²) in [5.74, 6) is -0.725. The summed E-state index contributed by atoms with van der Waals surface area (Å²) in [6.07, 6.45) is 2.74. The number of nitrogens with two attached hydrogens (primary N) is 1. The molecule has 0 atom stereocenters. The molecule has 2 aliphatic rings. The van der Waals surface area contributed by atoms with Gasteiger partial charge in [-0.3, -0.25) is 0 Å². The third kappa shape index (κ3) is 1.19. The van der Waals surface area contributed by atoms with Crippen LogP contribution in [0.5, 0.6) is 5.75 Å². The third-order valence-electron chi connectivity index (χ3n) is 3.63. The molecule has 1 saturated carbocycles. The first-order valence-electron chi connectivity index (χ1n) is 5.55. The fourth-order valence-corrected chi connectivity index (χ4v) is 2.53. The van der Waals surface area contributed by atoms with Crippen LogP contribution in [0, 0.1) is 11.6 Å². The van der Waals surface area contributed by atoms with Gasteiger partial charge in [-0.2, -0.15) is 0 Å². The van der Waals surface area contributed by atoms with Crippen molar-refractivity contribution < 1.29 is 13.5 Å². The largest absolute Gasteiger partial charge is 0.493 e. The first-order chi connectivity index (χ1) is 7.62. The lowest BCUT2D eigenvalue weighted by Crippen LogP contribution is -2.45. The van der Waals surface area contributed by atoms with Gasteiger partial charge in [-0.1, -0.05) is 0 Å². The van der Waals surface area contributed by atoms with Gasteiger partial charge in [0.25, 0.3) is 0 Å². The molecule has 1 heterocycles. The molecule has 0 radical (unpaired) electrons. The smallest absolute Gasteiger partial charge is 0.138 e. The molecule has 1 aromatic carbocycles. The highest BCUT2D eigenvalue weighted by atomic mass is 19.1. The number of rotatable bonds is 1. The zero-order valence-electron chi connectivity index (χ0n) is 8.85. The van der Waals surface area contributed by atoms with Crippen LogP contribution < -0.4 is 10.5 Å². The molecule has 3 rings (SSSR count). The molecule has 0 aromatic heterocycles. The maximum Gasteiger partial charge on any atom is 0.138 e. The molecule has 0 spiro atoms. The molecule has 1 fully saturated rings. The first-order valence-corrected chi connectivity index (χ1v) is 5.55. The molecule has 1 aromatic rings. The highest BCUT2D eigenvalue weighted by Gasteiger charge is 2.40. The third-order valence-corrected chi connectivity index (χ3v) is 3.63. The van der Waals surface area contributed by atoms with Gasteiger partial charge in [-0.25, -0.2) is 8.78 Å². The lowest BCUT2D eigenvalue weighted by molar-refractivity contribution is 0.235. The maximum atomic E-state index is 14.2. The molecule has 86 valence electrons. The monoisotopic (exact) mass is 225 g/mol. The zero-order valence-corrected chi connectivity index (χ0v) is 8.85. The van der Waals surface area contributed by atoms with Crippen LogP contribution in [-0.4, -0.2) is 6.61 Å². The van der Waals surface area contributed by atoms with Crippen LogP contribution in [0.25, 0.3) is 0 Å². The lowest BCUT2D eigenvalue weighted by Gasteiger charge is -2.39. The SMILES string of the molecule is NC1(c2c(F)cc3c(c2F)CCO3)CCC1. The van der Waals surface area contributed by atoms with Crippen molar-refractivity contribution in [3.05, 3.63) is 28.8 Å². The van der Waals surface area contributed by atoms with Crippen LogP contribution in [-0.2, 0) is 12.0 Å². The number of fused-ring (bicyclic) bond motifs is 1. The first kappa shape index (κ1) is 10.0. The highest BCUT2D eigenvalue weighted by Crippen LogP contribution is 2.44. The van der Waals surface area contributed by atoms with Crippen LogP contribution in [0.3, 0.4) is 0 Å². The van der Waals surface area contributed by atoms with Gasteiger partial charge in [0.05, 0.1) is 6.61 Å². The lowest BCUT2D eigenvalue weighted by atomic mass is 9.72. The van der Waals surface area contributed by atoms with Gasteiger partial charge in [-0.15, -0.1) is 0 Å². The van der Waals surface area contributed by atoms with Crippen molar-refractivity contribution in [1.82, 2.24) is 0 Å². The minimum absolute atomic E-state index is 0.0583. The van der Waals surface area contributed by atoms with E-state index in [1.54, 1.807) is 0 Å². The molecule has 2 N–H and O–H groups in total. The van der Waals surface area contributed by atoms with E-state index in [0.29, 0.717) is 37.2 Å². The fraction of sp³-hybridized carbons (Fsp3) is 0.500. The Bertz CT molecular complexity index is 455. The Kier molecular flexibility index (Phi) is 1.98. The molecule has 16 heavy (non-hydrogen) atoms. The summed E-state index contributed by atoms with van der Waals surface area (Å²) in [4.78, 5) is 0. The minimum Gasteiger partial charge on any atom is -0.493 e. The van der Waals surface area contributed by atoms with E-state index < -0.39 is 17.2 Å². The second-order valence-electron chi connectivity index (χ2n) is 4.63. The maximum absolute atomic E-state index is 14.2. The summed E-state index contributed by atoms with van der Waals surface area (Å²) >= 11 is 0. The van der Waals surface area contributed by atoms with Crippen LogP contribution in [0.15, 0.2) is 6.07 Å². The number of hydrogen-bond acceptors (Lipinski definition) is 2. The van der Waals surface area contributed by atoms with Crippen molar-refractivity contribution >= 4 is 0 Å². The van der Waals surface area contributed by atoms with Crippen molar-refractivity contribution in [2.24, 2.45) is 5.73 Å². The van der Waals surface area contributed by atoms with Crippen molar-refractivity contribution in [2.45, 2.75) is 31.2 Å². The van der Waals surface area contributed by atoms with E-state index in [1.807, 2.05) is 0 Å². The summed E-state index contributed by atoms with van der Waals surface area (Å²) in [6, 6.07) is 1.27. The average Bonchev–Trinajstić information content (AvgIpc) is 2.63. The standard InChI is InChI=1S/C12H13F2NO/c13-8-6-9-7(2-5-16-9)11(14)10(8)12(15)3-1-4-12/h6H,1-5,15H2. The summed E-state index contributed by atoms with van der Waals surface area (Å²) in [5.41, 5.74) is 5.74. The van der Waals surface area contributed by atoms with E-state index in [9.17, 15) is 8.78 Å². The molecule has 0 amide bonds. The van der Waals surface area contributed by atoms with Crippen molar-refractivity contribution in [2.75, 3.05) is 6.61 Å². The Balaban J connectivity index is 2.18. The quantitative estimate of drug-likeness (QED) is 0.795. The number of hydrogen-bond donors (Lipinski definition) is 1. The summed E-state index contributed by atoms with van der Waals surface area (Å²) in [6.45, 7) is 0.423. The molecule has 1 aliphatic heterocycles. The molecular weight excluding hydrogens is 212 g/mol. The Morgan fingerprint density at radius 1 is 1.31 bits per heavy atom. The van der Waals surface area contributed by atoms with E-state index in [-0.39, 0.29) is 5.56 Å². The second-order valence-corrected chi connectivity index (χ2v) is 4.63. The molecule has 0 saturated heterocycles. The number of halogens is 2.